The van der Waals surface area contributed by atoms with Gasteiger partial charge in [-0.25, -0.2) is 23.1 Å². The Morgan fingerprint density at radius 2 is 1.39 bits per heavy atom. The summed E-state index contributed by atoms with van der Waals surface area (Å²) in [5.74, 6) is -1.56. The van der Waals surface area contributed by atoms with Gasteiger partial charge in [0.25, 0.3) is 0 Å². The Bertz CT molecular complexity index is 1370. The highest BCUT2D eigenvalue weighted by Gasteiger charge is 2.17. The van der Waals surface area contributed by atoms with E-state index in [1.165, 1.54) is 28.3 Å². The molecule has 0 saturated heterocycles. The molecule has 0 aliphatic carbocycles. The zero-order valence-electron chi connectivity index (χ0n) is 16.2. The molecule has 4 aromatic rings. The van der Waals surface area contributed by atoms with Crippen molar-refractivity contribution >= 4 is 28.9 Å². The summed E-state index contributed by atoms with van der Waals surface area (Å²) in [5, 5.41) is 1.03. The fourth-order valence-electron chi connectivity index (χ4n) is 3.18. The third-order valence-corrected chi connectivity index (χ3v) is 5.21. The molecule has 0 saturated carbocycles. The fourth-order valence-corrected chi connectivity index (χ4v) is 3.43. The molecule has 3 aromatic carbocycles. The van der Waals surface area contributed by atoms with Crippen molar-refractivity contribution in [3.8, 4) is 16.9 Å². The number of halogens is 4. The van der Waals surface area contributed by atoms with E-state index in [2.05, 4.69) is 4.99 Å². The molecule has 31 heavy (non-hydrogen) atoms. The SMILES string of the molecule is Cn1c(-c2c(F)cccc2F)cc(=Nc2ccc(Cl)cc2)n(-c2ccc(Cl)cc2)c1=O. The van der Waals surface area contributed by atoms with Crippen molar-refractivity contribution in [2.75, 3.05) is 0 Å². The van der Waals surface area contributed by atoms with Gasteiger partial charge in [-0.3, -0.25) is 4.57 Å². The van der Waals surface area contributed by atoms with E-state index in [1.54, 1.807) is 48.5 Å². The minimum absolute atomic E-state index is 0.0542. The smallest absolute Gasteiger partial charge is 0.296 e. The first-order valence-corrected chi connectivity index (χ1v) is 9.94. The summed E-state index contributed by atoms with van der Waals surface area (Å²) in [6.07, 6.45) is 0. The quantitative estimate of drug-likeness (QED) is 0.391. The Labute approximate surface area is 186 Å². The summed E-state index contributed by atoms with van der Waals surface area (Å²) in [5.41, 5.74) is 0.413. The number of rotatable bonds is 3. The maximum Gasteiger partial charge on any atom is 0.334 e. The number of hydrogen-bond donors (Lipinski definition) is 0. The molecule has 0 aliphatic rings. The van der Waals surface area contributed by atoms with Crippen LogP contribution in [0.4, 0.5) is 14.5 Å². The maximum absolute atomic E-state index is 14.5. The van der Waals surface area contributed by atoms with Gasteiger partial charge in [-0.1, -0.05) is 29.3 Å². The van der Waals surface area contributed by atoms with Gasteiger partial charge in [0.05, 0.1) is 22.6 Å². The van der Waals surface area contributed by atoms with Crippen molar-refractivity contribution < 1.29 is 8.78 Å². The zero-order chi connectivity index (χ0) is 22.1. The normalized spacial score (nSPS) is 11.7. The van der Waals surface area contributed by atoms with Crippen LogP contribution in [0.15, 0.2) is 82.6 Å². The van der Waals surface area contributed by atoms with Gasteiger partial charge in [0.15, 0.2) is 0 Å². The van der Waals surface area contributed by atoms with Crippen LogP contribution in [-0.4, -0.2) is 9.13 Å². The largest absolute Gasteiger partial charge is 0.334 e. The van der Waals surface area contributed by atoms with E-state index in [0.717, 1.165) is 12.1 Å². The molecule has 156 valence electrons. The van der Waals surface area contributed by atoms with Crippen molar-refractivity contribution in [2.24, 2.45) is 12.0 Å². The van der Waals surface area contributed by atoms with Gasteiger partial charge in [0, 0.05) is 23.2 Å². The molecule has 4 rings (SSSR count). The Morgan fingerprint density at radius 3 is 1.97 bits per heavy atom. The van der Waals surface area contributed by atoms with Gasteiger partial charge >= 0.3 is 5.69 Å². The molecule has 0 atom stereocenters. The molecule has 0 fully saturated rings. The van der Waals surface area contributed by atoms with Crippen molar-refractivity contribution in [3.63, 3.8) is 0 Å². The van der Waals surface area contributed by atoms with Gasteiger partial charge in [-0.2, -0.15) is 0 Å². The fraction of sp³-hybridized carbons (Fsp3) is 0.0435. The van der Waals surface area contributed by atoms with Crippen molar-refractivity contribution in [2.45, 2.75) is 0 Å². The van der Waals surface area contributed by atoms with E-state index in [9.17, 15) is 13.6 Å². The first-order chi connectivity index (χ1) is 14.8. The van der Waals surface area contributed by atoms with Crippen molar-refractivity contribution in [3.05, 3.63) is 110 Å². The van der Waals surface area contributed by atoms with Crippen LogP contribution < -0.4 is 11.2 Å². The summed E-state index contributed by atoms with van der Waals surface area (Å²) < 4.78 is 31.5. The highest BCUT2D eigenvalue weighted by atomic mass is 35.5. The molecule has 0 amide bonds. The Morgan fingerprint density at radius 1 is 0.839 bits per heavy atom. The molecule has 8 heteroatoms. The van der Waals surface area contributed by atoms with Gasteiger partial charge in [0.2, 0.25) is 0 Å². The van der Waals surface area contributed by atoms with E-state index in [0.29, 0.717) is 21.4 Å². The summed E-state index contributed by atoms with van der Waals surface area (Å²) in [6, 6.07) is 18.3. The molecule has 0 radical (unpaired) electrons. The Kier molecular flexibility index (Phi) is 5.76. The number of benzene rings is 3. The topological polar surface area (TPSA) is 39.3 Å². The lowest BCUT2D eigenvalue weighted by molar-refractivity contribution is 0.584. The third-order valence-electron chi connectivity index (χ3n) is 4.71. The van der Waals surface area contributed by atoms with Crippen LogP contribution >= 0.6 is 23.2 Å². The van der Waals surface area contributed by atoms with Crippen LogP contribution in [0, 0.1) is 11.6 Å². The standard InChI is InChI=1S/C23H15Cl2F2N3O/c1-29-20(22-18(26)3-2-4-19(22)27)13-21(28-16-9-5-14(24)6-10-16)30(23(29)31)17-11-7-15(25)8-12-17/h2-13H,1H3. The molecule has 4 nitrogen and oxygen atoms in total. The molecule has 0 bridgehead atoms. The average molecular weight is 458 g/mol. The van der Waals surface area contributed by atoms with Gasteiger partial charge in [-0.15, -0.1) is 0 Å². The van der Waals surface area contributed by atoms with Gasteiger partial charge < -0.3 is 0 Å². The van der Waals surface area contributed by atoms with E-state index in [1.807, 2.05) is 0 Å². The van der Waals surface area contributed by atoms with Gasteiger partial charge in [0.1, 0.15) is 17.1 Å². The molecular formula is C23H15Cl2F2N3O. The van der Waals surface area contributed by atoms with Gasteiger partial charge in [-0.05, 0) is 60.7 Å². The maximum atomic E-state index is 14.5. The predicted octanol–water partition coefficient (Wildman–Crippen LogP) is 5.66. The Hall–Kier alpha value is -3.22. The first-order valence-electron chi connectivity index (χ1n) is 9.19. The monoisotopic (exact) mass is 457 g/mol. The summed E-state index contributed by atoms with van der Waals surface area (Å²) in [7, 11) is 1.45. The minimum Gasteiger partial charge on any atom is -0.296 e. The second-order valence-corrected chi connectivity index (χ2v) is 7.60. The number of hydrogen-bond acceptors (Lipinski definition) is 2. The summed E-state index contributed by atoms with van der Waals surface area (Å²) >= 11 is 11.9. The highest BCUT2D eigenvalue weighted by molar-refractivity contribution is 6.30. The lowest BCUT2D eigenvalue weighted by Gasteiger charge is -2.15. The van der Waals surface area contributed by atoms with Crippen LogP contribution in [0.2, 0.25) is 10.0 Å². The summed E-state index contributed by atoms with van der Waals surface area (Å²) in [6.45, 7) is 0. The lowest BCUT2D eigenvalue weighted by atomic mass is 10.1. The van der Waals surface area contributed by atoms with Crippen LogP contribution in [0.25, 0.3) is 16.9 Å². The number of nitrogens with zero attached hydrogens (tertiary/aromatic N) is 3. The average Bonchev–Trinajstić information content (AvgIpc) is 2.74. The lowest BCUT2D eigenvalue weighted by Crippen LogP contribution is -2.38. The van der Waals surface area contributed by atoms with Crippen LogP contribution in [0.3, 0.4) is 0 Å². The van der Waals surface area contributed by atoms with E-state index in [4.69, 9.17) is 23.2 Å². The Balaban J connectivity index is 2.08. The van der Waals surface area contributed by atoms with Crippen molar-refractivity contribution in [1.29, 1.82) is 0 Å². The second kappa shape index (κ2) is 8.49. The summed E-state index contributed by atoms with van der Waals surface area (Å²) in [4.78, 5) is 17.8. The molecular weight excluding hydrogens is 443 g/mol. The van der Waals surface area contributed by atoms with Crippen molar-refractivity contribution in [1.82, 2.24) is 9.13 Å². The molecule has 0 aliphatic heterocycles. The molecule has 0 spiro atoms. The molecule has 1 heterocycles. The predicted molar refractivity (Wildman–Crippen MR) is 118 cm³/mol. The third kappa shape index (κ3) is 4.17. The van der Waals surface area contributed by atoms with E-state index < -0.39 is 17.3 Å². The minimum atomic E-state index is -0.781. The van der Waals surface area contributed by atoms with E-state index >= 15 is 0 Å². The molecule has 0 N–H and O–H groups in total. The van der Waals surface area contributed by atoms with Crippen LogP contribution in [0.5, 0.6) is 0 Å². The van der Waals surface area contributed by atoms with Crippen LogP contribution in [-0.2, 0) is 7.05 Å². The number of aromatic nitrogens is 2. The highest BCUT2D eigenvalue weighted by Crippen LogP contribution is 2.24. The molecule has 1 aromatic heterocycles. The van der Waals surface area contributed by atoms with E-state index in [-0.39, 0.29) is 16.7 Å². The second-order valence-electron chi connectivity index (χ2n) is 6.73. The first kappa shape index (κ1) is 21.0. The zero-order valence-corrected chi connectivity index (χ0v) is 17.7. The van der Waals surface area contributed by atoms with Crippen LogP contribution in [0.1, 0.15) is 0 Å². The molecule has 0 unspecified atom stereocenters.